The minimum Gasteiger partial charge on any atom is -0.345 e. The maximum Gasteiger partial charge on any atom is 0.109 e. The molecule has 14 heavy (non-hydrogen) atoms. The highest BCUT2D eigenvalue weighted by Gasteiger charge is 2.16. The van der Waals surface area contributed by atoms with Crippen molar-refractivity contribution in [2.45, 2.75) is 59.3 Å². The third-order valence-corrected chi connectivity index (χ3v) is 2.45. The van der Waals surface area contributed by atoms with E-state index in [0.717, 1.165) is 5.82 Å². The van der Waals surface area contributed by atoms with E-state index in [1.54, 1.807) is 0 Å². The molecule has 0 spiro atoms. The van der Waals surface area contributed by atoms with Gasteiger partial charge in [0.05, 0.1) is 5.69 Å². The fourth-order valence-corrected chi connectivity index (χ4v) is 1.57. The largest absolute Gasteiger partial charge is 0.345 e. The minimum atomic E-state index is 0.486. The van der Waals surface area contributed by atoms with Crippen LogP contribution < -0.4 is 0 Å². The lowest BCUT2D eigenvalue weighted by molar-refractivity contribution is 0.759. The molecule has 0 aliphatic heterocycles. The van der Waals surface area contributed by atoms with Crippen LogP contribution in [0.1, 0.15) is 76.5 Å². The van der Waals surface area contributed by atoms with E-state index in [1.165, 1.54) is 11.4 Å². The SMILES string of the molecule is CC(C)c1nc(C(C)C)c(C(C)C)[nH]1. The molecule has 2 heteroatoms. The average molecular weight is 194 g/mol. The summed E-state index contributed by atoms with van der Waals surface area (Å²) in [6.07, 6.45) is 0. The number of imidazole rings is 1. The third-order valence-electron chi connectivity index (χ3n) is 2.45. The van der Waals surface area contributed by atoms with Gasteiger partial charge in [-0.1, -0.05) is 41.5 Å². The smallest absolute Gasteiger partial charge is 0.109 e. The van der Waals surface area contributed by atoms with Crippen LogP contribution in [-0.2, 0) is 0 Å². The molecular weight excluding hydrogens is 172 g/mol. The van der Waals surface area contributed by atoms with Crippen molar-refractivity contribution in [2.75, 3.05) is 0 Å². The molecule has 0 unspecified atom stereocenters. The van der Waals surface area contributed by atoms with Gasteiger partial charge in [-0.25, -0.2) is 4.98 Å². The summed E-state index contributed by atoms with van der Waals surface area (Å²) >= 11 is 0. The molecule has 1 heterocycles. The Morgan fingerprint density at radius 2 is 1.43 bits per heavy atom. The van der Waals surface area contributed by atoms with E-state index in [1.807, 2.05) is 0 Å². The molecule has 1 aromatic heterocycles. The van der Waals surface area contributed by atoms with E-state index in [4.69, 9.17) is 0 Å². The highest BCUT2D eigenvalue weighted by Crippen LogP contribution is 2.25. The van der Waals surface area contributed by atoms with Crippen LogP contribution in [0.25, 0.3) is 0 Å². The van der Waals surface area contributed by atoms with Gasteiger partial charge in [-0.05, 0) is 11.8 Å². The lowest BCUT2D eigenvalue weighted by atomic mass is 10.0. The maximum absolute atomic E-state index is 4.67. The van der Waals surface area contributed by atoms with Crippen molar-refractivity contribution >= 4 is 0 Å². The van der Waals surface area contributed by atoms with Gasteiger partial charge in [0.25, 0.3) is 0 Å². The number of H-pyrrole nitrogens is 1. The molecule has 0 fully saturated rings. The summed E-state index contributed by atoms with van der Waals surface area (Å²) < 4.78 is 0. The van der Waals surface area contributed by atoms with Crippen LogP contribution in [0.4, 0.5) is 0 Å². The fourth-order valence-electron chi connectivity index (χ4n) is 1.57. The Hall–Kier alpha value is -0.790. The second kappa shape index (κ2) is 4.16. The molecule has 0 aliphatic carbocycles. The zero-order valence-electron chi connectivity index (χ0n) is 10.2. The fraction of sp³-hybridized carbons (Fsp3) is 0.750. The van der Waals surface area contributed by atoms with Gasteiger partial charge in [-0.2, -0.15) is 0 Å². The minimum absolute atomic E-state index is 0.486. The molecule has 1 N–H and O–H groups in total. The van der Waals surface area contributed by atoms with Crippen molar-refractivity contribution in [3.8, 4) is 0 Å². The van der Waals surface area contributed by atoms with E-state index in [0.29, 0.717) is 17.8 Å². The second-order valence-corrected chi connectivity index (χ2v) is 4.89. The van der Waals surface area contributed by atoms with Crippen LogP contribution in [0.5, 0.6) is 0 Å². The molecule has 0 radical (unpaired) electrons. The zero-order valence-corrected chi connectivity index (χ0v) is 10.2. The summed E-state index contributed by atoms with van der Waals surface area (Å²) in [4.78, 5) is 8.13. The van der Waals surface area contributed by atoms with Gasteiger partial charge < -0.3 is 4.98 Å². The Morgan fingerprint density at radius 3 is 1.71 bits per heavy atom. The number of hydrogen-bond acceptors (Lipinski definition) is 1. The molecule has 0 aliphatic rings. The van der Waals surface area contributed by atoms with Gasteiger partial charge in [-0.3, -0.25) is 0 Å². The number of aromatic amines is 1. The Morgan fingerprint density at radius 1 is 0.857 bits per heavy atom. The number of hydrogen-bond donors (Lipinski definition) is 1. The van der Waals surface area contributed by atoms with Gasteiger partial charge >= 0.3 is 0 Å². The van der Waals surface area contributed by atoms with Crippen LogP contribution in [0.2, 0.25) is 0 Å². The zero-order chi connectivity index (χ0) is 10.9. The quantitative estimate of drug-likeness (QED) is 0.779. The first-order valence-electron chi connectivity index (χ1n) is 5.53. The molecule has 0 aromatic carbocycles. The van der Waals surface area contributed by atoms with E-state index in [-0.39, 0.29) is 0 Å². The van der Waals surface area contributed by atoms with E-state index in [2.05, 4.69) is 51.5 Å². The first-order chi connectivity index (χ1) is 6.43. The van der Waals surface area contributed by atoms with Gasteiger partial charge in [0.2, 0.25) is 0 Å². The molecule has 0 atom stereocenters. The van der Waals surface area contributed by atoms with Crippen molar-refractivity contribution in [1.82, 2.24) is 9.97 Å². The van der Waals surface area contributed by atoms with Gasteiger partial charge in [0, 0.05) is 11.6 Å². The van der Waals surface area contributed by atoms with Crippen LogP contribution in [0.15, 0.2) is 0 Å². The normalized spacial score (nSPS) is 12.1. The van der Waals surface area contributed by atoms with Crippen molar-refractivity contribution in [1.29, 1.82) is 0 Å². The molecule has 0 saturated heterocycles. The van der Waals surface area contributed by atoms with Crippen LogP contribution in [-0.4, -0.2) is 9.97 Å². The molecule has 0 amide bonds. The molecule has 1 aromatic rings. The summed E-state index contributed by atoms with van der Waals surface area (Å²) in [6, 6.07) is 0. The van der Waals surface area contributed by atoms with Crippen LogP contribution in [0, 0.1) is 0 Å². The monoisotopic (exact) mass is 194 g/mol. The van der Waals surface area contributed by atoms with Gasteiger partial charge in [0.15, 0.2) is 0 Å². The summed E-state index contributed by atoms with van der Waals surface area (Å²) in [6.45, 7) is 13.2. The van der Waals surface area contributed by atoms with Crippen LogP contribution >= 0.6 is 0 Å². The lowest BCUT2D eigenvalue weighted by Gasteiger charge is -2.07. The number of nitrogens with one attached hydrogen (secondary N) is 1. The van der Waals surface area contributed by atoms with Crippen molar-refractivity contribution in [2.24, 2.45) is 0 Å². The lowest BCUT2D eigenvalue weighted by Crippen LogP contribution is -1.96. The third kappa shape index (κ3) is 2.17. The molecule has 0 saturated carbocycles. The van der Waals surface area contributed by atoms with Crippen molar-refractivity contribution in [3.63, 3.8) is 0 Å². The summed E-state index contributed by atoms with van der Waals surface area (Å²) in [5.41, 5.74) is 2.55. The maximum atomic E-state index is 4.67. The molecule has 2 nitrogen and oxygen atoms in total. The molecule has 80 valence electrons. The highest BCUT2D eigenvalue weighted by molar-refractivity contribution is 5.22. The summed E-state index contributed by atoms with van der Waals surface area (Å²) in [7, 11) is 0. The molecular formula is C12H22N2. The first-order valence-corrected chi connectivity index (χ1v) is 5.53. The Balaban J connectivity index is 3.12. The van der Waals surface area contributed by atoms with E-state index >= 15 is 0 Å². The van der Waals surface area contributed by atoms with E-state index in [9.17, 15) is 0 Å². The number of rotatable bonds is 3. The summed E-state index contributed by atoms with van der Waals surface area (Å²) in [5.74, 6) is 2.65. The van der Waals surface area contributed by atoms with Gasteiger partial charge in [0.1, 0.15) is 5.82 Å². The molecule has 1 rings (SSSR count). The Bertz CT molecular complexity index is 270. The highest BCUT2D eigenvalue weighted by atomic mass is 14.9. The number of nitrogens with zero attached hydrogens (tertiary/aromatic N) is 1. The van der Waals surface area contributed by atoms with Gasteiger partial charge in [-0.15, -0.1) is 0 Å². The van der Waals surface area contributed by atoms with Crippen LogP contribution in [0.3, 0.4) is 0 Å². The molecule has 0 bridgehead atoms. The Labute approximate surface area is 87.1 Å². The van der Waals surface area contributed by atoms with Crippen molar-refractivity contribution in [3.05, 3.63) is 17.2 Å². The topological polar surface area (TPSA) is 28.7 Å². The van der Waals surface area contributed by atoms with E-state index < -0.39 is 0 Å². The predicted octanol–water partition coefficient (Wildman–Crippen LogP) is 3.78. The average Bonchev–Trinajstić information content (AvgIpc) is 2.47. The summed E-state index contributed by atoms with van der Waals surface area (Å²) in [5, 5.41) is 0. The number of aromatic nitrogens is 2. The Kier molecular flexibility index (Phi) is 3.35. The first kappa shape index (κ1) is 11.3. The predicted molar refractivity (Wildman–Crippen MR) is 60.9 cm³/mol. The van der Waals surface area contributed by atoms with Crippen molar-refractivity contribution < 1.29 is 0 Å². The second-order valence-electron chi connectivity index (χ2n) is 4.89. The standard InChI is InChI=1S/C12H22N2/c1-7(2)10-11(8(3)4)14-12(13-10)9(5)6/h7-9H,1-6H3,(H,13,14).